The molecule has 33 heavy (non-hydrogen) atoms. The van der Waals surface area contributed by atoms with Gasteiger partial charge >= 0.3 is 0 Å². The van der Waals surface area contributed by atoms with Gasteiger partial charge < -0.3 is 15.4 Å². The molecule has 0 saturated heterocycles. The van der Waals surface area contributed by atoms with E-state index in [9.17, 15) is 9.59 Å². The van der Waals surface area contributed by atoms with Gasteiger partial charge in [0.25, 0.3) is 0 Å². The van der Waals surface area contributed by atoms with Crippen LogP contribution in [0.15, 0.2) is 54.6 Å². The van der Waals surface area contributed by atoms with E-state index in [2.05, 4.69) is 44.8 Å². The Hall–Kier alpha value is -3.23. The highest BCUT2D eigenvalue weighted by molar-refractivity contribution is 7.15. The van der Waals surface area contributed by atoms with Crippen molar-refractivity contribution in [3.63, 3.8) is 0 Å². The molecule has 7 nitrogen and oxygen atoms in total. The molecule has 2 N–H and O–H groups in total. The molecule has 172 valence electrons. The molecular formula is C25H28N4O3S. The lowest BCUT2D eigenvalue weighted by molar-refractivity contribution is -0.120. The van der Waals surface area contributed by atoms with Crippen LogP contribution in [-0.2, 0) is 29.1 Å². The summed E-state index contributed by atoms with van der Waals surface area (Å²) >= 11 is 1.53. The second-order valence-electron chi connectivity index (χ2n) is 8.11. The number of hydrogen-bond donors (Lipinski definition) is 2. The maximum Gasteiger partial charge on any atom is 0.228 e. The van der Waals surface area contributed by atoms with Gasteiger partial charge in [-0.15, -0.1) is 11.3 Å². The first-order valence-electron chi connectivity index (χ1n) is 11.0. The number of amides is 2. The van der Waals surface area contributed by atoms with E-state index in [-0.39, 0.29) is 18.2 Å². The van der Waals surface area contributed by atoms with E-state index in [1.807, 2.05) is 30.3 Å². The molecule has 8 heteroatoms. The number of carbonyl (C=O) groups is 2. The van der Waals surface area contributed by atoms with Crippen LogP contribution in [0.3, 0.4) is 0 Å². The zero-order chi connectivity index (χ0) is 23.2. The van der Waals surface area contributed by atoms with Gasteiger partial charge in [0.05, 0.1) is 25.3 Å². The number of anilines is 1. The lowest BCUT2D eigenvalue weighted by atomic mass is 10.0. The summed E-state index contributed by atoms with van der Waals surface area (Å²) in [5, 5.41) is 6.41. The largest absolute Gasteiger partial charge is 0.497 e. The number of methoxy groups -OCH3 is 1. The third-order valence-corrected chi connectivity index (χ3v) is 6.59. The van der Waals surface area contributed by atoms with Gasteiger partial charge in [-0.2, -0.15) is 0 Å². The van der Waals surface area contributed by atoms with Crippen molar-refractivity contribution in [2.75, 3.05) is 19.0 Å². The first-order valence-corrected chi connectivity index (χ1v) is 11.8. The number of nitrogens with one attached hydrogen (secondary N) is 2. The molecule has 2 amide bonds. The Labute approximate surface area is 197 Å². The Kier molecular flexibility index (Phi) is 7.36. The minimum absolute atomic E-state index is 0.121. The number of ether oxygens (including phenoxy) is 1. The highest BCUT2D eigenvalue weighted by Crippen LogP contribution is 2.29. The Morgan fingerprint density at radius 2 is 1.91 bits per heavy atom. The normalized spacial score (nSPS) is 14.2. The fourth-order valence-corrected chi connectivity index (χ4v) is 5.03. The highest BCUT2D eigenvalue weighted by atomic mass is 32.1. The standard InChI is InChI=1S/C25H28N4O3S/c1-17(30)26-22(19-8-10-20(32-2)11-9-19)14-24(31)28-25-27-21-12-13-29(16-23(21)33-25)15-18-6-4-3-5-7-18/h3-11,22H,12-16H2,1-2H3,(H,26,30)(H,27,28,31). The van der Waals surface area contributed by atoms with Crippen molar-refractivity contribution in [1.29, 1.82) is 0 Å². The van der Waals surface area contributed by atoms with Gasteiger partial charge in [0.1, 0.15) is 5.75 Å². The molecule has 1 aromatic heterocycles. The molecule has 2 heterocycles. The SMILES string of the molecule is COc1ccc(C(CC(=O)Nc2nc3c(s2)CN(Cc2ccccc2)CC3)NC(C)=O)cc1. The van der Waals surface area contributed by atoms with E-state index in [0.717, 1.165) is 43.1 Å². The van der Waals surface area contributed by atoms with Crippen LogP contribution in [-0.4, -0.2) is 35.4 Å². The van der Waals surface area contributed by atoms with Crippen molar-refractivity contribution in [3.05, 3.63) is 76.3 Å². The van der Waals surface area contributed by atoms with E-state index in [1.54, 1.807) is 7.11 Å². The summed E-state index contributed by atoms with van der Waals surface area (Å²) in [6.45, 7) is 4.13. The number of nitrogens with zero attached hydrogens (tertiary/aromatic N) is 2. The third kappa shape index (κ3) is 6.18. The number of fused-ring (bicyclic) bond motifs is 1. The van der Waals surface area contributed by atoms with Crippen LogP contribution in [0.2, 0.25) is 0 Å². The summed E-state index contributed by atoms with van der Waals surface area (Å²) < 4.78 is 5.19. The summed E-state index contributed by atoms with van der Waals surface area (Å²) in [5.41, 5.74) is 3.20. The fourth-order valence-electron chi connectivity index (χ4n) is 3.97. The molecule has 0 spiro atoms. The van der Waals surface area contributed by atoms with Gasteiger partial charge in [-0.05, 0) is 23.3 Å². The van der Waals surface area contributed by atoms with E-state index >= 15 is 0 Å². The molecule has 3 aromatic rings. The zero-order valence-electron chi connectivity index (χ0n) is 18.8. The monoisotopic (exact) mass is 464 g/mol. The third-order valence-electron chi connectivity index (χ3n) is 5.59. The molecule has 0 aliphatic carbocycles. The highest BCUT2D eigenvalue weighted by Gasteiger charge is 2.23. The topological polar surface area (TPSA) is 83.6 Å². The summed E-state index contributed by atoms with van der Waals surface area (Å²) in [5.74, 6) is 0.350. The van der Waals surface area contributed by atoms with Crippen LogP contribution in [0.5, 0.6) is 5.75 Å². The maximum atomic E-state index is 12.8. The fraction of sp³-hybridized carbons (Fsp3) is 0.320. The number of hydrogen-bond acceptors (Lipinski definition) is 6. The molecule has 4 rings (SSSR count). The molecule has 0 radical (unpaired) electrons. The Balaban J connectivity index is 1.38. The van der Waals surface area contributed by atoms with Crippen LogP contribution in [0.25, 0.3) is 0 Å². The number of carbonyl (C=O) groups excluding carboxylic acids is 2. The van der Waals surface area contributed by atoms with E-state index in [4.69, 9.17) is 4.74 Å². The first kappa shape index (κ1) is 22.9. The van der Waals surface area contributed by atoms with Crippen LogP contribution in [0, 0.1) is 0 Å². The van der Waals surface area contributed by atoms with Crippen LogP contribution >= 0.6 is 11.3 Å². The van der Waals surface area contributed by atoms with E-state index < -0.39 is 6.04 Å². The van der Waals surface area contributed by atoms with Crippen molar-refractivity contribution in [2.45, 2.75) is 38.9 Å². The minimum Gasteiger partial charge on any atom is -0.497 e. The predicted octanol–water partition coefficient (Wildman–Crippen LogP) is 3.92. The predicted molar refractivity (Wildman–Crippen MR) is 129 cm³/mol. The average Bonchev–Trinajstić information content (AvgIpc) is 3.20. The zero-order valence-corrected chi connectivity index (χ0v) is 19.7. The van der Waals surface area contributed by atoms with Gasteiger partial charge in [0.15, 0.2) is 5.13 Å². The first-order chi connectivity index (χ1) is 16.0. The van der Waals surface area contributed by atoms with Gasteiger partial charge in [-0.3, -0.25) is 14.5 Å². The van der Waals surface area contributed by atoms with Gasteiger partial charge in [-0.1, -0.05) is 42.5 Å². The molecule has 1 unspecified atom stereocenters. The Bertz CT molecular complexity index is 1100. The number of thiazole rings is 1. The van der Waals surface area contributed by atoms with Gasteiger partial charge in [0.2, 0.25) is 11.8 Å². The summed E-state index contributed by atoms with van der Waals surface area (Å²) in [4.78, 5) is 32.7. The summed E-state index contributed by atoms with van der Waals surface area (Å²) in [7, 11) is 1.60. The lowest BCUT2D eigenvalue weighted by Gasteiger charge is -2.25. The molecule has 0 bridgehead atoms. The number of benzene rings is 2. The van der Waals surface area contributed by atoms with Crippen LogP contribution in [0.4, 0.5) is 5.13 Å². The molecule has 2 aromatic carbocycles. The molecule has 0 saturated carbocycles. The average molecular weight is 465 g/mol. The molecule has 1 atom stereocenters. The van der Waals surface area contributed by atoms with Gasteiger partial charge in [-0.25, -0.2) is 4.98 Å². The van der Waals surface area contributed by atoms with Gasteiger partial charge in [0, 0.05) is 37.9 Å². The quantitative estimate of drug-likeness (QED) is 0.528. The Morgan fingerprint density at radius 1 is 1.15 bits per heavy atom. The number of aromatic nitrogens is 1. The van der Waals surface area contributed by atoms with Crippen molar-refractivity contribution >= 4 is 28.3 Å². The summed E-state index contributed by atoms with van der Waals surface area (Å²) in [6, 6.07) is 17.4. The smallest absolute Gasteiger partial charge is 0.228 e. The van der Waals surface area contributed by atoms with Crippen LogP contribution in [0.1, 0.15) is 41.1 Å². The molecule has 0 fully saturated rings. The minimum atomic E-state index is -0.427. The second-order valence-corrected chi connectivity index (χ2v) is 9.20. The van der Waals surface area contributed by atoms with Crippen molar-refractivity contribution < 1.29 is 14.3 Å². The van der Waals surface area contributed by atoms with Crippen LogP contribution < -0.4 is 15.4 Å². The van der Waals surface area contributed by atoms with E-state index in [1.165, 1.54) is 28.7 Å². The maximum absolute atomic E-state index is 12.8. The molecular weight excluding hydrogens is 436 g/mol. The van der Waals surface area contributed by atoms with E-state index in [0.29, 0.717) is 5.13 Å². The molecule has 1 aliphatic heterocycles. The Morgan fingerprint density at radius 3 is 2.61 bits per heavy atom. The van der Waals surface area contributed by atoms with Crippen molar-refractivity contribution in [3.8, 4) is 5.75 Å². The second kappa shape index (κ2) is 10.6. The van der Waals surface area contributed by atoms with Crippen molar-refractivity contribution in [1.82, 2.24) is 15.2 Å². The lowest BCUT2D eigenvalue weighted by Crippen LogP contribution is -2.29. The van der Waals surface area contributed by atoms with Crippen molar-refractivity contribution in [2.24, 2.45) is 0 Å². The number of rotatable bonds is 8. The summed E-state index contributed by atoms with van der Waals surface area (Å²) in [6.07, 6.45) is 0.991. The molecule has 1 aliphatic rings.